The molecule has 0 bridgehead atoms. The van der Waals surface area contributed by atoms with Gasteiger partial charge in [-0.2, -0.15) is 0 Å². The summed E-state index contributed by atoms with van der Waals surface area (Å²) < 4.78 is 14.2. The number of nitrogens with one attached hydrogen (secondary N) is 1. The number of halogens is 2. The van der Waals surface area contributed by atoms with Crippen LogP contribution < -0.4 is 10.2 Å². The van der Waals surface area contributed by atoms with E-state index in [0.29, 0.717) is 18.0 Å². The van der Waals surface area contributed by atoms with Crippen LogP contribution in [0.15, 0.2) is 22.7 Å². The molecule has 1 saturated heterocycles. The van der Waals surface area contributed by atoms with Crippen LogP contribution in [0, 0.1) is 17.2 Å². The lowest BCUT2D eigenvalue weighted by molar-refractivity contribution is 0.220. The van der Waals surface area contributed by atoms with E-state index in [1.165, 1.54) is 0 Å². The first-order chi connectivity index (χ1) is 9.70. The van der Waals surface area contributed by atoms with Gasteiger partial charge >= 0.3 is 0 Å². The molecular weight excluding hydrogens is 331 g/mol. The van der Waals surface area contributed by atoms with Gasteiger partial charge in [-0.1, -0.05) is 34.6 Å². The van der Waals surface area contributed by atoms with Gasteiger partial charge in [-0.05, 0) is 45.5 Å². The predicted molar refractivity (Wildman–Crippen MR) is 91.3 cm³/mol. The van der Waals surface area contributed by atoms with Crippen molar-refractivity contribution in [1.82, 2.24) is 5.32 Å². The van der Waals surface area contributed by atoms with Gasteiger partial charge in [-0.3, -0.25) is 0 Å². The van der Waals surface area contributed by atoms with Crippen molar-refractivity contribution in [2.75, 3.05) is 18.0 Å². The highest BCUT2D eigenvalue weighted by atomic mass is 79.9. The predicted octanol–water partition coefficient (Wildman–Crippen LogP) is 4.44. The lowest BCUT2D eigenvalue weighted by atomic mass is 9.83. The van der Waals surface area contributed by atoms with Gasteiger partial charge in [-0.15, -0.1) is 0 Å². The second kappa shape index (κ2) is 6.25. The fourth-order valence-electron chi connectivity index (χ4n) is 2.94. The van der Waals surface area contributed by atoms with Crippen molar-refractivity contribution >= 4 is 21.6 Å². The molecule has 0 saturated carbocycles. The van der Waals surface area contributed by atoms with Crippen LogP contribution in [0.1, 0.15) is 34.6 Å². The Hall–Kier alpha value is -0.610. The van der Waals surface area contributed by atoms with E-state index in [1.54, 1.807) is 12.1 Å². The SMILES string of the molecule is CC(C)C1CNC(C(C)(C)C)CN1c1ccc(F)cc1Br. The first-order valence-corrected chi connectivity index (χ1v) is 8.44. The van der Waals surface area contributed by atoms with Crippen LogP contribution in [-0.2, 0) is 0 Å². The third-order valence-corrected chi connectivity index (χ3v) is 5.02. The third-order valence-electron chi connectivity index (χ3n) is 4.39. The molecule has 2 atom stereocenters. The minimum Gasteiger partial charge on any atom is -0.365 e. The summed E-state index contributed by atoms with van der Waals surface area (Å²) in [5.74, 6) is 0.338. The van der Waals surface area contributed by atoms with Crippen molar-refractivity contribution in [3.63, 3.8) is 0 Å². The smallest absolute Gasteiger partial charge is 0.124 e. The highest BCUT2D eigenvalue weighted by Gasteiger charge is 2.35. The Kier molecular flexibility index (Phi) is 4.99. The normalized spacial score (nSPS) is 23.7. The first-order valence-electron chi connectivity index (χ1n) is 7.65. The van der Waals surface area contributed by atoms with Crippen LogP contribution in [0.2, 0.25) is 0 Å². The number of nitrogens with zero attached hydrogens (tertiary/aromatic N) is 1. The van der Waals surface area contributed by atoms with E-state index in [1.807, 2.05) is 6.07 Å². The minimum atomic E-state index is -0.200. The highest BCUT2D eigenvalue weighted by Crippen LogP contribution is 2.34. The largest absolute Gasteiger partial charge is 0.365 e. The molecule has 1 aliphatic heterocycles. The molecule has 4 heteroatoms. The maximum Gasteiger partial charge on any atom is 0.124 e. The van der Waals surface area contributed by atoms with Crippen LogP contribution in [0.4, 0.5) is 10.1 Å². The number of rotatable bonds is 2. The van der Waals surface area contributed by atoms with Gasteiger partial charge in [0.2, 0.25) is 0 Å². The number of piperazine rings is 1. The van der Waals surface area contributed by atoms with Crippen molar-refractivity contribution in [2.24, 2.45) is 11.3 Å². The van der Waals surface area contributed by atoms with Crippen LogP contribution in [0.25, 0.3) is 0 Å². The Labute approximate surface area is 136 Å². The Morgan fingerprint density at radius 2 is 2.00 bits per heavy atom. The average Bonchev–Trinajstić information content (AvgIpc) is 2.37. The van der Waals surface area contributed by atoms with Gasteiger partial charge in [0.25, 0.3) is 0 Å². The maximum atomic E-state index is 13.4. The van der Waals surface area contributed by atoms with E-state index in [0.717, 1.165) is 23.2 Å². The Morgan fingerprint density at radius 3 is 2.52 bits per heavy atom. The molecule has 2 rings (SSSR count). The molecule has 0 amide bonds. The molecule has 21 heavy (non-hydrogen) atoms. The molecule has 0 aromatic heterocycles. The monoisotopic (exact) mass is 356 g/mol. The van der Waals surface area contributed by atoms with Gasteiger partial charge in [0.15, 0.2) is 0 Å². The minimum absolute atomic E-state index is 0.200. The number of hydrogen-bond donors (Lipinski definition) is 1. The van der Waals surface area contributed by atoms with E-state index < -0.39 is 0 Å². The fourth-order valence-corrected chi connectivity index (χ4v) is 3.52. The van der Waals surface area contributed by atoms with Crippen molar-refractivity contribution in [3.8, 4) is 0 Å². The molecule has 118 valence electrons. The number of anilines is 1. The molecule has 1 heterocycles. The standard InChI is InChI=1S/C17H26BrFN2/c1-11(2)15-9-20-16(17(3,4)5)10-21(15)14-7-6-12(19)8-13(14)18/h6-8,11,15-16,20H,9-10H2,1-5H3. The van der Waals surface area contributed by atoms with Crippen LogP contribution in [-0.4, -0.2) is 25.2 Å². The van der Waals surface area contributed by atoms with E-state index in [-0.39, 0.29) is 11.2 Å². The quantitative estimate of drug-likeness (QED) is 0.842. The molecule has 1 aliphatic rings. The van der Waals surface area contributed by atoms with Crippen molar-refractivity contribution in [3.05, 3.63) is 28.5 Å². The number of benzene rings is 1. The van der Waals surface area contributed by atoms with Gasteiger partial charge < -0.3 is 10.2 Å². The van der Waals surface area contributed by atoms with Gasteiger partial charge in [0.1, 0.15) is 5.82 Å². The summed E-state index contributed by atoms with van der Waals surface area (Å²) in [5, 5.41) is 3.69. The Bertz CT molecular complexity index is 496. The van der Waals surface area contributed by atoms with Gasteiger partial charge in [0.05, 0.1) is 5.69 Å². The zero-order chi connectivity index (χ0) is 15.8. The molecule has 1 N–H and O–H groups in total. The second-order valence-corrected chi connectivity index (χ2v) is 8.24. The van der Waals surface area contributed by atoms with Crippen LogP contribution in [0.3, 0.4) is 0 Å². The van der Waals surface area contributed by atoms with Crippen molar-refractivity contribution in [1.29, 1.82) is 0 Å². The highest BCUT2D eigenvalue weighted by molar-refractivity contribution is 9.10. The molecule has 1 fully saturated rings. The maximum absolute atomic E-state index is 13.4. The summed E-state index contributed by atoms with van der Waals surface area (Å²) in [4.78, 5) is 2.43. The summed E-state index contributed by atoms with van der Waals surface area (Å²) in [6, 6.07) is 5.83. The third kappa shape index (κ3) is 3.78. The summed E-state index contributed by atoms with van der Waals surface area (Å²) in [5.41, 5.74) is 1.29. The first kappa shape index (κ1) is 16.8. The summed E-state index contributed by atoms with van der Waals surface area (Å²) in [6.07, 6.45) is 0. The topological polar surface area (TPSA) is 15.3 Å². The Morgan fingerprint density at radius 1 is 1.33 bits per heavy atom. The van der Waals surface area contributed by atoms with Gasteiger partial charge in [-0.25, -0.2) is 4.39 Å². The molecule has 0 spiro atoms. The van der Waals surface area contributed by atoms with Crippen LogP contribution in [0.5, 0.6) is 0 Å². The van der Waals surface area contributed by atoms with E-state index in [9.17, 15) is 4.39 Å². The molecule has 1 aromatic rings. The second-order valence-electron chi connectivity index (χ2n) is 7.39. The summed E-state index contributed by atoms with van der Waals surface area (Å²) in [6.45, 7) is 13.2. The van der Waals surface area contributed by atoms with Crippen LogP contribution >= 0.6 is 15.9 Å². The average molecular weight is 357 g/mol. The lowest BCUT2D eigenvalue weighted by Gasteiger charge is -2.48. The molecule has 0 aliphatic carbocycles. The summed E-state index contributed by atoms with van der Waals surface area (Å²) >= 11 is 3.53. The molecule has 2 unspecified atom stereocenters. The van der Waals surface area contributed by atoms with Crippen molar-refractivity contribution < 1.29 is 4.39 Å². The summed E-state index contributed by atoms with van der Waals surface area (Å²) in [7, 11) is 0. The van der Waals surface area contributed by atoms with Crippen molar-refractivity contribution in [2.45, 2.75) is 46.7 Å². The molecule has 0 radical (unpaired) electrons. The molecule has 2 nitrogen and oxygen atoms in total. The zero-order valence-corrected chi connectivity index (χ0v) is 15.2. The lowest BCUT2D eigenvalue weighted by Crippen LogP contribution is -2.62. The van der Waals surface area contributed by atoms with E-state index in [2.05, 4.69) is 60.8 Å². The molecular formula is C17H26BrFN2. The number of hydrogen-bond acceptors (Lipinski definition) is 2. The molecule has 1 aromatic carbocycles. The fraction of sp³-hybridized carbons (Fsp3) is 0.647. The van der Waals surface area contributed by atoms with Gasteiger partial charge in [0, 0.05) is 29.6 Å². The van der Waals surface area contributed by atoms with E-state index in [4.69, 9.17) is 0 Å². The Balaban J connectivity index is 2.34. The zero-order valence-electron chi connectivity index (χ0n) is 13.6. The van der Waals surface area contributed by atoms with E-state index >= 15 is 0 Å².